The molecule has 1 heterocycles. The van der Waals surface area contributed by atoms with Crippen LogP contribution >= 0.6 is 11.8 Å². The number of rotatable bonds is 7. The van der Waals surface area contributed by atoms with Crippen LogP contribution in [0, 0.1) is 0 Å². The Hall–Kier alpha value is -2.21. The van der Waals surface area contributed by atoms with Gasteiger partial charge in [-0.05, 0) is 62.7 Å². The van der Waals surface area contributed by atoms with Crippen molar-refractivity contribution in [3.8, 4) is 11.5 Å². The molecular formula is C19H24N2O3S. The van der Waals surface area contributed by atoms with Gasteiger partial charge in [0.15, 0.2) is 16.7 Å². The van der Waals surface area contributed by atoms with Crippen LogP contribution in [0.25, 0.3) is 6.08 Å². The number of carbonyl (C=O) groups excluding carboxylic acids is 1. The van der Waals surface area contributed by atoms with Crippen molar-refractivity contribution < 1.29 is 14.6 Å². The molecule has 1 N–H and O–H groups in total. The summed E-state index contributed by atoms with van der Waals surface area (Å²) in [4.78, 5) is 19.3. The first-order chi connectivity index (χ1) is 12.0. The van der Waals surface area contributed by atoms with Crippen molar-refractivity contribution in [2.45, 2.75) is 27.2 Å². The van der Waals surface area contributed by atoms with Gasteiger partial charge in [-0.3, -0.25) is 14.7 Å². The topological polar surface area (TPSA) is 62.1 Å². The maximum absolute atomic E-state index is 12.6. The number of thioether (sulfide) groups is 1. The van der Waals surface area contributed by atoms with E-state index in [4.69, 9.17) is 4.74 Å². The summed E-state index contributed by atoms with van der Waals surface area (Å²) in [5.74, 6) is 0.493. The number of carbonyl (C=O) groups is 1. The van der Waals surface area contributed by atoms with E-state index in [0.717, 1.165) is 16.3 Å². The molecule has 0 saturated carbocycles. The molecule has 5 nitrogen and oxygen atoms in total. The third-order valence-corrected chi connectivity index (χ3v) is 4.68. The molecule has 0 radical (unpaired) electrons. The lowest BCUT2D eigenvalue weighted by Gasteiger charge is -2.12. The van der Waals surface area contributed by atoms with Crippen LogP contribution in [-0.4, -0.2) is 40.8 Å². The van der Waals surface area contributed by atoms with Crippen molar-refractivity contribution in [1.29, 1.82) is 0 Å². The van der Waals surface area contributed by atoms with Gasteiger partial charge in [-0.2, -0.15) is 0 Å². The molecule has 0 aromatic heterocycles. The van der Waals surface area contributed by atoms with Gasteiger partial charge in [0.1, 0.15) is 0 Å². The van der Waals surface area contributed by atoms with Gasteiger partial charge in [-0.1, -0.05) is 6.08 Å². The van der Waals surface area contributed by atoms with E-state index >= 15 is 0 Å². The fourth-order valence-corrected chi connectivity index (χ4v) is 3.65. The molecule has 2 rings (SSSR count). The van der Waals surface area contributed by atoms with Crippen molar-refractivity contribution in [1.82, 2.24) is 4.90 Å². The predicted octanol–water partition coefficient (Wildman–Crippen LogP) is 3.83. The highest BCUT2D eigenvalue weighted by molar-refractivity contribution is 8.18. The second kappa shape index (κ2) is 8.76. The van der Waals surface area contributed by atoms with Gasteiger partial charge in [-0.15, -0.1) is 6.58 Å². The Morgan fingerprint density at radius 2 is 2.12 bits per heavy atom. The van der Waals surface area contributed by atoms with Crippen molar-refractivity contribution >= 4 is 28.9 Å². The minimum atomic E-state index is -0.0454. The molecule has 134 valence electrons. The van der Waals surface area contributed by atoms with Crippen LogP contribution in [0.5, 0.6) is 11.5 Å². The third kappa shape index (κ3) is 4.25. The number of hydrogen-bond acceptors (Lipinski definition) is 5. The summed E-state index contributed by atoms with van der Waals surface area (Å²) >= 11 is 1.38. The SMILES string of the molecule is C=CCc1cc(/C=C2\SC(=NCC)N(CC)C2=O)cc(OCC)c1O. The molecular weight excluding hydrogens is 336 g/mol. The van der Waals surface area contributed by atoms with Crippen molar-refractivity contribution in [3.05, 3.63) is 40.8 Å². The zero-order valence-corrected chi connectivity index (χ0v) is 15.7. The number of amides is 1. The molecule has 1 aliphatic heterocycles. The van der Waals surface area contributed by atoms with Crippen LogP contribution in [0.3, 0.4) is 0 Å². The van der Waals surface area contributed by atoms with Gasteiger partial charge in [0.2, 0.25) is 0 Å². The van der Waals surface area contributed by atoms with Gasteiger partial charge >= 0.3 is 0 Å². The lowest BCUT2D eigenvalue weighted by Crippen LogP contribution is -2.28. The molecule has 0 bridgehead atoms. The van der Waals surface area contributed by atoms with E-state index in [0.29, 0.717) is 36.8 Å². The van der Waals surface area contributed by atoms with Crippen molar-refractivity contribution in [3.63, 3.8) is 0 Å². The van der Waals surface area contributed by atoms with Crippen LogP contribution in [0.1, 0.15) is 31.9 Å². The average molecular weight is 360 g/mol. The normalized spacial score (nSPS) is 17.6. The average Bonchev–Trinajstić information content (AvgIpc) is 2.87. The van der Waals surface area contributed by atoms with Gasteiger partial charge in [-0.25, -0.2) is 0 Å². The molecule has 1 saturated heterocycles. The molecule has 0 atom stereocenters. The van der Waals surface area contributed by atoms with Gasteiger partial charge < -0.3 is 9.84 Å². The molecule has 1 aromatic carbocycles. The summed E-state index contributed by atoms with van der Waals surface area (Å²) in [6.45, 7) is 11.1. The highest BCUT2D eigenvalue weighted by atomic mass is 32.2. The van der Waals surface area contributed by atoms with E-state index in [9.17, 15) is 9.90 Å². The quantitative estimate of drug-likeness (QED) is 0.593. The number of likely N-dealkylation sites (N-methyl/N-ethyl adjacent to an activating group) is 1. The highest BCUT2D eigenvalue weighted by Crippen LogP contribution is 2.36. The number of hydrogen-bond donors (Lipinski definition) is 1. The standard InChI is InChI=1S/C19H24N2O3S/c1-5-9-14-10-13(11-15(17(14)22)24-8-4)12-16-18(23)21(7-3)19(25-16)20-6-2/h5,10-12,22H,1,6-9H2,2-4H3/b16-12-,20-19?. The number of phenolic OH excluding ortho intramolecular Hbond substituents is 1. The smallest absolute Gasteiger partial charge is 0.266 e. The van der Waals surface area contributed by atoms with E-state index in [1.807, 2.05) is 32.9 Å². The number of allylic oxidation sites excluding steroid dienone is 1. The number of benzene rings is 1. The third-order valence-electron chi connectivity index (χ3n) is 3.64. The molecule has 0 unspecified atom stereocenters. The van der Waals surface area contributed by atoms with E-state index < -0.39 is 0 Å². The summed E-state index contributed by atoms with van der Waals surface area (Å²) in [6, 6.07) is 3.60. The summed E-state index contributed by atoms with van der Waals surface area (Å²) < 4.78 is 5.52. The Balaban J connectivity index is 2.44. The summed E-state index contributed by atoms with van der Waals surface area (Å²) in [5, 5.41) is 11.0. The largest absolute Gasteiger partial charge is 0.504 e. The Bertz CT molecular complexity index is 726. The monoisotopic (exact) mass is 360 g/mol. The fourth-order valence-electron chi connectivity index (χ4n) is 2.54. The van der Waals surface area contributed by atoms with Crippen LogP contribution in [0.15, 0.2) is 34.7 Å². The van der Waals surface area contributed by atoms with Crippen LogP contribution < -0.4 is 4.74 Å². The number of aromatic hydroxyl groups is 1. The van der Waals surface area contributed by atoms with Crippen LogP contribution in [0.2, 0.25) is 0 Å². The first kappa shape index (κ1) is 19.1. The molecule has 0 spiro atoms. The molecule has 1 fully saturated rings. The van der Waals surface area contributed by atoms with Crippen molar-refractivity contribution in [2.24, 2.45) is 4.99 Å². The van der Waals surface area contributed by atoms with E-state index in [2.05, 4.69) is 11.6 Å². The van der Waals surface area contributed by atoms with Gasteiger partial charge in [0.25, 0.3) is 5.91 Å². The predicted molar refractivity (Wildman–Crippen MR) is 104 cm³/mol. The molecule has 1 aliphatic rings. The number of amidine groups is 1. The lowest BCUT2D eigenvalue weighted by atomic mass is 10.1. The minimum Gasteiger partial charge on any atom is -0.504 e. The van der Waals surface area contributed by atoms with E-state index in [1.54, 1.807) is 17.0 Å². The molecule has 25 heavy (non-hydrogen) atoms. The number of aliphatic imine (C=N–C) groups is 1. The summed E-state index contributed by atoms with van der Waals surface area (Å²) in [7, 11) is 0. The summed E-state index contributed by atoms with van der Waals surface area (Å²) in [5.41, 5.74) is 1.53. The Kier molecular flexibility index (Phi) is 6.70. The van der Waals surface area contributed by atoms with E-state index in [-0.39, 0.29) is 11.7 Å². The second-order valence-corrected chi connectivity index (χ2v) is 6.38. The Morgan fingerprint density at radius 1 is 1.36 bits per heavy atom. The maximum Gasteiger partial charge on any atom is 0.266 e. The Labute approximate surface area is 153 Å². The fraction of sp³-hybridized carbons (Fsp3) is 0.368. The first-order valence-electron chi connectivity index (χ1n) is 8.41. The first-order valence-corrected chi connectivity index (χ1v) is 9.22. The minimum absolute atomic E-state index is 0.0454. The van der Waals surface area contributed by atoms with E-state index in [1.165, 1.54) is 11.8 Å². The number of nitrogens with zero attached hydrogens (tertiary/aromatic N) is 2. The lowest BCUT2D eigenvalue weighted by molar-refractivity contribution is -0.122. The van der Waals surface area contributed by atoms with Crippen LogP contribution in [-0.2, 0) is 11.2 Å². The molecule has 0 aliphatic carbocycles. The van der Waals surface area contributed by atoms with Crippen LogP contribution in [0.4, 0.5) is 0 Å². The number of phenols is 1. The number of ether oxygens (including phenoxy) is 1. The molecule has 1 aromatic rings. The Morgan fingerprint density at radius 3 is 2.72 bits per heavy atom. The van der Waals surface area contributed by atoms with Gasteiger partial charge in [0, 0.05) is 18.7 Å². The second-order valence-electron chi connectivity index (χ2n) is 5.37. The molecule has 1 amide bonds. The maximum atomic E-state index is 12.6. The summed E-state index contributed by atoms with van der Waals surface area (Å²) in [6.07, 6.45) is 4.07. The highest BCUT2D eigenvalue weighted by Gasteiger charge is 2.31. The zero-order valence-electron chi connectivity index (χ0n) is 14.9. The molecule has 6 heteroatoms. The zero-order chi connectivity index (χ0) is 18.4. The van der Waals surface area contributed by atoms with Crippen molar-refractivity contribution in [2.75, 3.05) is 19.7 Å². The van der Waals surface area contributed by atoms with Gasteiger partial charge in [0.05, 0.1) is 11.5 Å².